The first kappa shape index (κ1) is 16.6. The van der Waals surface area contributed by atoms with E-state index in [9.17, 15) is 8.42 Å². The lowest BCUT2D eigenvalue weighted by Gasteiger charge is -2.24. The first-order chi connectivity index (χ1) is 10.4. The van der Waals surface area contributed by atoms with Gasteiger partial charge in [-0.25, -0.2) is 8.42 Å². The molecule has 0 heterocycles. The smallest absolute Gasteiger partial charge is 0.263 e. The van der Waals surface area contributed by atoms with Crippen LogP contribution in [-0.2, 0) is 10.0 Å². The summed E-state index contributed by atoms with van der Waals surface area (Å²) in [7, 11) is -3.68. The monoisotopic (exact) mass is 335 g/mol. The van der Waals surface area contributed by atoms with Crippen LogP contribution in [-0.4, -0.2) is 15.0 Å². The summed E-state index contributed by atoms with van der Waals surface area (Å²) in [6.45, 7) is 7.40. The molecule has 0 bridgehead atoms. The van der Waals surface area contributed by atoms with Gasteiger partial charge in [-0.05, 0) is 49.2 Å². The Kier molecular flexibility index (Phi) is 4.94. The molecule has 0 radical (unpaired) electrons. The van der Waals surface area contributed by atoms with Crippen LogP contribution in [0.25, 0.3) is 0 Å². The SMILES string of the molecule is C=CCN(c1ccccc1)S(=O)(=O)c1cc(C)c(Cl)cc1C. The van der Waals surface area contributed by atoms with E-state index in [1.165, 1.54) is 4.31 Å². The highest BCUT2D eigenvalue weighted by molar-refractivity contribution is 7.92. The molecule has 0 fully saturated rings. The summed E-state index contributed by atoms with van der Waals surface area (Å²) in [4.78, 5) is 0.264. The standard InChI is InChI=1S/C17H18ClNO2S/c1-4-10-19(15-8-6-5-7-9-15)22(20,21)17-12-13(2)16(18)11-14(17)3/h4-9,11-12H,1,10H2,2-3H3. The van der Waals surface area contributed by atoms with Gasteiger partial charge in [-0.3, -0.25) is 4.31 Å². The van der Waals surface area contributed by atoms with Crippen molar-refractivity contribution >= 4 is 27.3 Å². The van der Waals surface area contributed by atoms with Gasteiger partial charge < -0.3 is 0 Å². The quantitative estimate of drug-likeness (QED) is 0.762. The second kappa shape index (κ2) is 6.55. The van der Waals surface area contributed by atoms with E-state index in [0.717, 1.165) is 5.56 Å². The molecule has 0 amide bonds. The fraction of sp³-hybridized carbons (Fsp3) is 0.176. The highest BCUT2D eigenvalue weighted by Crippen LogP contribution is 2.29. The van der Waals surface area contributed by atoms with E-state index in [4.69, 9.17) is 11.6 Å². The second-order valence-electron chi connectivity index (χ2n) is 5.03. The largest absolute Gasteiger partial charge is 0.264 e. The lowest BCUT2D eigenvalue weighted by atomic mass is 10.2. The fourth-order valence-electron chi connectivity index (χ4n) is 2.20. The molecule has 0 saturated carbocycles. The Bertz CT molecular complexity index is 786. The van der Waals surface area contributed by atoms with Crippen molar-refractivity contribution in [1.82, 2.24) is 0 Å². The molecule has 0 aliphatic carbocycles. The Balaban J connectivity index is 2.60. The highest BCUT2D eigenvalue weighted by atomic mass is 35.5. The van der Waals surface area contributed by atoms with Gasteiger partial charge in [0.25, 0.3) is 10.0 Å². The summed E-state index contributed by atoms with van der Waals surface area (Å²) < 4.78 is 27.4. The van der Waals surface area contributed by atoms with Gasteiger partial charge in [-0.2, -0.15) is 0 Å². The lowest BCUT2D eigenvalue weighted by molar-refractivity contribution is 0.592. The van der Waals surface area contributed by atoms with Gasteiger partial charge in [-0.15, -0.1) is 6.58 Å². The molecule has 0 spiro atoms. The fourth-order valence-corrected chi connectivity index (χ4v) is 4.15. The van der Waals surface area contributed by atoms with E-state index in [0.29, 0.717) is 16.3 Å². The van der Waals surface area contributed by atoms with Crippen molar-refractivity contribution in [2.24, 2.45) is 0 Å². The molecule has 0 unspecified atom stereocenters. The molecule has 2 rings (SSSR count). The third-order valence-corrected chi connectivity index (χ3v) is 5.71. The van der Waals surface area contributed by atoms with Crippen LogP contribution in [0.5, 0.6) is 0 Å². The normalized spacial score (nSPS) is 11.2. The Hall–Kier alpha value is -1.78. The van der Waals surface area contributed by atoms with Gasteiger partial charge in [-0.1, -0.05) is 35.9 Å². The second-order valence-corrected chi connectivity index (χ2v) is 7.27. The number of nitrogens with zero attached hydrogens (tertiary/aromatic N) is 1. The van der Waals surface area contributed by atoms with Gasteiger partial charge in [0.15, 0.2) is 0 Å². The summed E-state index contributed by atoms with van der Waals surface area (Å²) in [5, 5.41) is 0.562. The molecular formula is C17H18ClNO2S. The van der Waals surface area contributed by atoms with Crippen molar-refractivity contribution in [2.45, 2.75) is 18.7 Å². The van der Waals surface area contributed by atoms with Crippen LogP contribution in [0.1, 0.15) is 11.1 Å². The van der Waals surface area contributed by atoms with Crippen molar-refractivity contribution in [2.75, 3.05) is 10.8 Å². The molecular weight excluding hydrogens is 318 g/mol. The molecule has 22 heavy (non-hydrogen) atoms. The number of hydrogen-bond acceptors (Lipinski definition) is 2. The summed E-state index contributed by atoms with van der Waals surface area (Å²) >= 11 is 6.07. The number of anilines is 1. The molecule has 0 aliphatic rings. The van der Waals surface area contributed by atoms with Crippen molar-refractivity contribution in [3.05, 3.63) is 71.3 Å². The van der Waals surface area contributed by atoms with Crippen LogP contribution < -0.4 is 4.31 Å². The minimum absolute atomic E-state index is 0.202. The number of aryl methyl sites for hydroxylation is 2. The average molecular weight is 336 g/mol. The zero-order valence-electron chi connectivity index (χ0n) is 12.6. The van der Waals surface area contributed by atoms with Crippen LogP contribution >= 0.6 is 11.6 Å². The third kappa shape index (κ3) is 3.18. The van der Waals surface area contributed by atoms with Crippen molar-refractivity contribution in [3.8, 4) is 0 Å². The predicted octanol–water partition coefficient (Wildman–Crippen LogP) is 4.34. The maximum atomic E-state index is 13.0. The van der Waals surface area contributed by atoms with E-state index in [1.54, 1.807) is 56.3 Å². The number of halogens is 1. The number of benzene rings is 2. The first-order valence-electron chi connectivity index (χ1n) is 6.83. The Morgan fingerprint density at radius 1 is 1.14 bits per heavy atom. The number of rotatable bonds is 5. The van der Waals surface area contributed by atoms with E-state index in [1.807, 2.05) is 6.07 Å². The van der Waals surface area contributed by atoms with Crippen molar-refractivity contribution in [3.63, 3.8) is 0 Å². The number of sulfonamides is 1. The van der Waals surface area contributed by atoms with Gasteiger partial charge in [0.2, 0.25) is 0 Å². The topological polar surface area (TPSA) is 37.4 Å². The molecule has 0 saturated heterocycles. The molecule has 0 aliphatic heterocycles. The Labute approximate surface area is 136 Å². The number of hydrogen-bond donors (Lipinski definition) is 0. The molecule has 116 valence electrons. The van der Waals surface area contributed by atoms with E-state index in [-0.39, 0.29) is 11.4 Å². The summed E-state index contributed by atoms with van der Waals surface area (Å²) in [6.07, 6.45) is 1.57. The third-order valence-electron chi connectivity index (χ3n) is 3.36. The lowest BCUT2D eigenvalue weighted by Crippen LogP contribution is -2.31. The van der Waals surface area contributed by atoms with Gasteiger partial charge >= 0.3 is 0 Å². The summed E-state index contributed by atoms with van der Waals surface area (Å²) in [6, 6.07) is 12.3. The van der Waals surface area contributed by atoms with Crippen LogP contribution in [0.2, 0.25) is 5.02 Å². The van der Waals surface area contributed by atoms with E-state index < -0.39 is 10.0 Å². The minimum atomic E-state index is -3.68. The van der Waals surface area contributed by atoms with Gasteiger partial charge in [0.05, 0.1) is 17.1 Å². The molecule has 2 aromatic rings. The Morgan fingerprint density at radius 3 is 2.36 bits per heavy atom. The first-order valence-corrected chi connectivity index (χ1v) is 8.65. The summed E-state index contributed by atoms with van der Waals surface area (Å²) in [5.41, 5.74) is 1.97. The Morgan fingerprint density at radius 2 is 1.77 bits per heavy atom. The molecule has 5 heteroatoms. The van der Waals surface area contributed by atoms with Crippen LogP contribution in [0, 0.1) is 13.8 Å². The van der Waals surface area contributed by atoms with E-state index >= 15 is 0 Å². The van der Waals surface area contributed by atoms with Gasteiger partial charge in [0, 0.05) is 5.02 Å². The maximum Gasteiger partial charge on any atom is 0.264 e. The van der Waals surface area contributed by atoms with Gasteiger partial charge in [0.1, 0.15) is 0 Å². The molecule has 0 aromatic heterocycles. The van der Waals surface area contributed by atoms with Crippen LogP contribution in [0.15, 0.2) is 60.0 Å². The highest BCUT2D eigenvalue weighted by Gasteiger charge is 2.26. The maximum absolute atomic E-state index is 13.0. The zero-order valence-corrected chi connectivity index (χ0v) is 14.2. The van der Waals surface area contributed by atoms with Crippen molar-refractivity contribution in [1.29, 1.82) is 0 Å². The predicted molar refractivity (Wildman–Crippen MR) is 92.1 cm³/mol. The summed E-state index contributed by atoms with van der Waals surface area (Å²) in [5.74, 6) is 0. The zero-order chi connectivity index (χ0) is 16.3. The minimum Gasteiger partial charge on any atom is -0.263 e. The molecule has 0 atom stereocenters. The van der Waals surface area contributed by atoms with E-state index in [2.05, 4.69) is 6.58 Å². The number of para-hydroxylation sites is 1. The van der Waals surface area contributed by atoms with Crippen molar-refractivity contribution < 1.29 is 8.42 Å². The molecule has 3 nitrogen and oxygen atoms in total. The van der Waals surface area contributed by atoms with Crippen LogP contribution in [0.3, 0.4) is 0 Å². The average Bonchev–Trinajstić information content (AvgIpc) is 2.49. The van der Waals surface area contributed by atoms with Crippen LogP contribution in [0.4, 0.5) is 5.69 Å². The molecule has 0 N–H and O–H groups in total. The molecule has 2 aromatic carbocycles.